The summed E-state index contributed by atoms with van der Waals surface area (Å²) in [5.41, 5.74) is -0.182. The number of hydrogen-bond donors (Lipinski definition) is 3. The van der Waals surface area contributed by atoms with Crippen molar-refractivity contribution in [2.45, 2.75) is 35.7 Å². The maximum atomic E-state index is 13.1. The van der Waals surface area contributed by atoms with E-state index in [-0.39, 0.29) is 39.3 Å². The molecule has 0 radical (unpaired) electrons. The summed E-state index contributed by atoms with van der Waals surface area (Å²) in [6.45, 7) is 3.58. The molecule has 0 unspecified atom stereocenters. The van der Waals surface area contributed by atoms with Crippen LogP contribution in [0.4, 0.5) is 30.2 Å². The van der Waals surface area contributed by atoms with Crippen LogP contribution in [0.2, 0.25) is 5.02 Å². The Bertz CT molecular complexity index is 1590. The summed E-state index contributed by atoms with van der Waals surface area (Å²) < 4.78 is 91.0. The lowest BCUT2D eigenvalue weighted by Gasteiger charge is -2.14. The highest BCUT2D eigenvalue weighted by Gasteiger charge is 2.33. The summed E-state index contributed by atoms with van der Waals surface area (Å²) in [5.74, 6) is -0.426. The van der Waals surface area contributed by atoms with Crippen LogP contribution >= 0.6 is 11.6 Å². The van der Waals surface area contributed by atoms with Crippen LogP contribution in [0.15, 0.2) is 70.5 Å². The summed E-state index contributed by atoms with van der Waals surface area (Å²) >= 11 is 5.57. The second kappa shape index (κ2) is 11.4. The average Bonchev–Trinajstić information content (AvgIpc) is 2.82. The van der Waals surface area contributed by atoms with Crippen molar-refractivity contribution in [2.24, 2.45) is 0 Å². The Morgan fingerprint density at radius 1 is 0.923 bits per heavy atom. The van der Waals surface area contributed by atoms with Gasteiger partial charge in [0.05, 0.1) is 32.6 Å². The molecule has 0 heterocycles. The number of nitrogens with one attached hydrogen (secondary N) is 3. The third-order valence-electron chi connectivity index (χ3n) is 5.48. The zero-order chi connectivity index (χ0) is 29.2. The van der Waals surface area contributed by atoms with Gasteiger partial charge in [-0.25, -0.2) is 16.8 Å². The van der Waals surface area contributed by atoms with Crippen LogP contribution in [-0.4, -0.2) is 35.5 Å². The Morgan fingerprint density at radius 3 is 2.10 bits per heavy atom. The van der Waals surface area contributed by atoms with Crippen LogP contribution in [0, 0.1) is 0 Å². The monoisotopic (exact) mass is 603 g/mol. The molecule has 0 aromatic heterocycles. The molecule has 3 rings (SSSR count). The summed E-state index contributed by atoms with van der Waals surface area (Å²) in [4.78, 5) is 12.2. The molecular weight excluding hydrogens is 579 g/mol. The maximum absolute atomic E-state index is 13.1. The van der Waals surface area contributed by atoms with E-state index in [0.717, 1.165) is 24.0 Å². The zero-order valence-electron chi connectivity index (χ0n) is 20.9. The fourth-order valence-electron chi connectivity index (χ4n) is 3.47. The molecule has 0 aliphatic rings. The van der Waals surface area contributed by atoms with E-state index >= 15 is 0 Å². The van der Waals surface area contributed by atoms with Gasteiger partial charge in [0.15, 0.2) is 9.84 Å². The largest absolute Gasteiger partial charge is 0.417 e. The molecule has 0 bridgehead atoms. The van der Waals surface area contributed by atoms with Gasteiger partial charge in [-0.15, -0.1) is 0 Å². The number of hydrogen-bond acceptors (Lipinski definition) is 6. The SMILES string of the molecule is CC(C)c1ccc(NCC(=O)Nc2ccc(S(=O)(=O)Nc3ccc(Cl)c(C(F)(F)F)c3)cc2)c(S(C)(=O)=O)c1. The quantitative estimate of drug-likeness (QED) is 0.287. The maximum Gasteiger partial charge on any atom is 0.417 e. The Hall–Kier alpha value is -3.29. The van der Waals surface area contributed by atoms with E-state index < -0.39 is 42.5 Å². The molecule has 0 spiro atoms. The predicted molar refractivity (Wildman–Crippen MR) is 144 cm³/mol. The van der Waals surface area contributed by atoms with Crippen molar-refractivity contribution in [3.8, 4) is 0 Å². The predicted octanol–water partition coefficient (Wildman–Crippen LogP) is 5.74. The average molecular weight is 604 g/mol. The van der Waals surface area contributed by atoms with Crippen molar-refractivity contribution in [1.29, 1.82) is 0 Å². The van der Waals surface area contributed by atoms with Gasteiger partial charge in [0, 0.05) is 17.6 Å². The molecule has 0 atom stereocenters. The van der Waals surface area contributed by atoms with Crippen molar-refractivity contribution in [2.75, 3.05) is 28.2 Å². The highest BCUT2D eigenvalue weighted by Crippen LogP contribution is 2.36. The number of anilines is 3. The molecule has 0 aliphatic carbocycles. The second-order valence-electron chi connectivity index (χ2n) is 8.91. The van der Waals surface area contributed by atoms with Crippen LogP contribution in [0.1, 0.15) is 30.9 Å². The number of amides is 1. The third kappa shape index (κ3) is 7.87. The molecule has 8 nitrogen and oxygen atoms in total. The number of carbonyl (C=O) groups is 1. The lowest BCUT2D eigenvalue weighted by atomic mass is 10.0. The van der Waals surface area contributed by atoms with Crippen molar-refractivity contribution >= 4 is 54.4 Å². The van der Waals surface area contributed by atoms with Gasteiger partial charge in [0.25, 0.3) is 10.0 Å². The van der Waals surface area contributed by atoms with Gasteiger partial charge in [-0.3, -0.25) is 9.52 Å². The van der Waals surface area contributed by atoms with E-state index in [0.29, 0.717) is 6.07 Å². The van der Waals surface area contributed by atoms with Crippen LogP contribution in [0.25, 0.3) is 0 Å². The Kier molecular flexibility index (Phi) is 8.88. The molecule has 0 saturated heterocycles. The van der Waals surface area contributed by atoms with E-state index in [1.807, 2.05) is 13.8 Å². The van der Waals surface area contributed by atoms with Crippen molar-refractivity contribution < 1.29 is 34.8 Å². The van der Waals surface area contributed by atoms with E-state index in [9.17, 15) is 34.8 Å². The van der Waals surface area contributed by atoms with Crippen LogP contribution < -0.4 is 15.4 Å². The Balaban J connectivity index is 1.68. The Labute approximate surface area is 229 Å². The van der Waals surface area contributed by atoms with E-state index in [1.165, 1.54) is 24.3 Å². The van der Waals surface area contributed by atoms with E-state index in [4.69, 9.17) is 11.6 Å². The number of alkyl halides is 3. The number of benzene rings is 3. The molecular formula is C25H25ClF3N3O5S2. The third-order valence-corrected chi connectivity index (χ3v) is 8.35. The fraction of sp³-hybridized carbons (Fsp3) is 0.240. The highest BCUT2D eigenvalue weighted by atomic mass is 35.5. The topological polar surface area (TPSA) is 121 Å². The lowest BCUT2D eigenvalue weighted by molar-refractivity contribution is -0.137. The minimum Gasteiger partial charge on any atom is -0.375 e. The standard InChI is InChI=1S/C25H25ClF3N3O5S2/c1-15(2)16-4-11-22(23(12-16)38(3,34)35)30-14-24(33)31-17-5-8-19(9-6-17)39(36,37)32-18-7-10-21(26)20(13-18)25(27,28)29/h4-13,15,30,32H,14H2,1-3H3,(H,31,33). The minimum absolute atomic E-state index is 0.0617. The van der Waals surface area contributed by atoms with Gasteiger partial charge < -0.3 is 10.6 Å². The van der Waals surface area contributed by atoms with Crippen molar-refractivity contribution in [3.05, 3.63) is 76.8 Å². The molecule has 0 fully saturated rings. The smallest absolute Gasteiger partial charge is 0.375 e. The van der Waals surface area contributed by atoms with Crippen molar-refractivity contribution in [3.63, 3.8) is 0 Å². The molecule has 0 aliphatic heterocycles. The molecule has 1 amide bonds. The van der Waals surface area contributed by atoms with E-state index in [1.54, 1.807) is 18.2 Å². The van der Waals surface area contributed by atoms with Gasteiger partial charge >= 0.3 is 6.18 Å². The summed E-state index contributed by atoms with van der Waals surface area (Å²) in [6.07, 6.45) is -3.69. The van der Waals surface area contributed by atoms with Crippen LogP contribution in [-0.2, 0) is 30.8 Å². The van der Waals surface area contributed by atoms with Crippen molar-refractivity contribution in [1.82, 2.24) is 0 Å². The molecule has 210 valence electrons. The molecule has 0 saturated carbocycles. The highest BCUT2D eigenvalue weighted by molar-refractivity contribution is 7.92. The number of carbonyl (C=O) groups excluding carboxylic acids is 1. The lowest BCUT2D eigenvalue weighted by Crippen LogP contribution is -2.22. The van der Waals surface area contributed by atoms with Gasteiger partial charge in [0.2, 0.25) is 5.91 Å². The van der Waals surface area contributed by atoms with Crippen LogP contribution in [0.5, 0.6) is 0 Å². The van der Waals surface area contributed by atoms with E-state index in [2.05, 4.69) is 15.4 Å². The number of sulfone groups is 1. The molecule has 39 heavy (non-hydrogen) atoms. The molecule has 3 aromatic rings. The number of rotatable bonds is 9. The first kappa shape index (κ1) is 30.3. The van der Waals surface area contributed by atoms with Gasteiger partial charge in [-0.1, -0.05) is 31.5 Å². The van der Waals surface area contributed by atoms with Crippen LogP contribution in [0.3, 0.4) is 0 Å². The molecule has 3 aromatic carbocycles. The fourth-order valence-corrected chi connectivity index (χ4v) is 5.63. The molecule has 14 heteroatoms. The zero-order valence-corrected chi connectivity index (χ0v) is 23.3. The Morgan fingerprint density at radius 2 is 1.54 bits per heavy atom. The van der Waals surface area contributed by atoms with Gasteiger partial charge in [-0.05, 0) is 66.1 Å². The second-order valence-corrected chi connectivity index (χ2v) is 13.0. The molecule has 3 N–H and O–H groups in total. The normalized spacial score (nSPS) is 12.3. The summed E-state index contributed by atoms with van der Waals surface area (Å²) in [7, 11) is -7.82. The van der Waals surface area contributed by atoms with Gasteiger partial charge in [-0.2, -0.15) is 13.2 Å². The minimum atomic E-state index is -4.77. The number of sulfonamides is 1. The van der Waals surface area contributed by atoms with Gasteiger partial charge in [0.1, 0.15) is 0 Å². The number of halogens is 4. The first-order chi connectivity index (χ1) is 18.0. The first-order valence-corrected chi connectivity index (χ1v) is 15.1. The summed E-state index contributed by atoms with van der Waals surface area (Å²) in [6, 6.07) is 12.5. The summed E-state index contributed by atoms with van der Waals surface area (Å²) in [5, 5.41) is 4.78. The first-order valence-electron chi connectivity index (χ1n) is 11.3.